The smallest absolute Gasteiger partial charge is 0.306 e. The molecule has 0 spiro atoms. The van der Waals surface area contributed by atoms with E-state index >= 15 is 0 Å². The predicted octanol–water partition coefficient (Wildman–Crippen LogP) is 3.34. The van der Waals surface area contributed by atoms with E-state index in [2.05, 4.69) is 36.1 Å². The van der Waals surface area contributed by atoms with Crippen LogP contribution in [-0.4, -0.2) is 35.6 Å². The number of aromatic amines is 1. The molecule has 32 heavy (non-hydrogen) atoms. The lowest BCUT2D eigenvalue weighted by molar-refractivity contribution is -0.147. The summed E-state index contributed by atoms with van der Waals surface area (Å²) < 4.78 is 10.4. The second-order valence-corrected chi connectivity index (χ2v) is 8.40. The molecule has 1 aromatic heterocycles. The molecule has 0 saturated heterocycles. The first-order valence-corrected chi connectivity index (χ1v) is 10.3. The molecule has 0 aliphatic carbocycles. The van der Waals surface area contributed by atoms with Crippen LogP contribution in [0.4, 0.5) is 5.69 Å². The summed E-state index contributed by atoms with van der Waals surface area (Å²) in [6.07, 6.45) is 0.180. The number of H-pyrrole nitrogens is 1. The summed E-state index contributed by atoms with van der Waals surface area (Å²) in [4.78, 5) is 43.5. The Bertz CT molecular complexity index is 1190. The average Bonchev–Trinajstić information content (AvgIpc) is 2.75. The van der Waals surface area contributed by atoms with Crippen LogP contribution >= 0.6 is 0 Å². The third-order valence-electron chi connectivity index (χ3n) is 4.93. The molecule has 0 unspecified atom stereocenters. The van der Waals surface area contributed by atoms with E-state index in [9.17, 15) is 14.4 Å². The number of carbonyl (C=O) groups is 2. The number of rotatable bonds is 7. The number of nitrogens with one attached hydrogen (secondary N) is 2. The maximum Gasteiger partial charge on any atom is 0.306 e. The summed E-state index contributed by atoms with van der Waals surface area (Å²) in [6.45, 7) is 5.78. The molecule has 0 aliphatic heterocycles. The number of carbonyl (C=O) groups excluding carboxylic acids is 2. The molecule has 168 valence electrons. The second-order valence-electron chi connectivity index (χ2n) is 8.40. The summed E-state index contributed by atoms with van der Waals surface area (Å²) in [7, 11) is 1.52. The summed E-state index contributed by atoms with van der Waals surface area (Å²) in [5, 5.41) is 3.22. The zero-order valence-electron chi connectivity index (χ0n) is 18.7. The molecule has 2 N–H and O–H groups in total. The van der Waals surface area contributed by atoms with Crippen molar-refractivity contribution in [3.05, 3.63) is 64.2 Å². The fraction of sp³-hybridized carbons (Fsp3) is 0.333. The van der Waals surface area contributed by atoms with E-state index in [0.717, 1.165) is 5.56 Å². The van der Waals surface area contributed by atoms with Crippen molar-refractivity contribution in [3.63, 3.8) is 0 Å². The molecule has 0 atom stereocenters. The third-order valence-corrected chi connectivity index (χ3v) is 4.93. The van der Waals surface area contributed by atoms with E-state index in [1.54, 1.807) is 30.3 Å². The molecule has 0 fully saturated rings. The number of benzene rings is 2. The zero-order valence-corrected chi connectivity index (χ0v) is 18.7. The van der Waals surface area contributed by atoms with E-state index < -0.39 is 18.5 Å². The van der Waals surface area contributed by atoms with Gasteiger partial charge < -0.3 is 19.8 Å². The highest BCUT2D eigenvalue weighted by atomic mass is 16.5. The third kappa shape index (κ3) is 5.72. The molecule has 3 rings (SSSR count). The van der Waals surface area contributed by atoms with Gasteiger partial charge in [-0.25, -0.2) is 4.98 Å². The van der Waals surface area contributed by atoms with Crippen molar-refractivity contribution in [2.24, 2.45) is 0 Å². The number of hydrogen-bond donors (Lipinski definition) is 2. The summed E-state index contributed by atoms with van der Waals surface area (Å²) in [5.41, 5.74) is 1.74. The molecule has 8 nitrogen and oxygen atoms in total. The van der Waals surface area contributed by atoms with E-state index in [0.29, 0.717) is 28.2 Å². The van der Waals surface area contributed by atoms with Gasteiger partial charge in [-0.3, -0.25) is 14.4 Å². The highest BCUT2D eigenvalue weighted by Gasteiger charge is 2.17. The second kappa shape index (κ2) is 9.64. The molecule has 0 bridgehead atoms. The van der Waals surface area contributed by atoms with Gasteiger partial charge >= 0.3 is 5.97 Å². The Morgan fingerprint density at radius 1 is 1.12 bits per heavy atom. The van der Waals surface area contributed by atoms with Crippen LogP contribution in [-0.2, 0) is 26.2 Å². The molecule has 1 heterocycles. The topological polar surface area (TPSA) is 110 Å². The molecule has 2 aromatic carbocycles. The van der Waals surface area contributed by atoms with Crippen molar-refractivity contribution in [1.29, 1.82) is 0 Å². The first kappa shape index (κ1) is 23.0. The zero-order chi connectivity index (χ0) is 23.3. The minimum atomic E-state index is -0.564. The number of methoxy groups -OCH3 is 1. The highest BCUT2D eigenvalue weighted by Crippen LogP contribution is 2.31. The number of aromatic nitrogens is 2. The Balaban J connectivity index is 1.55. The molecule has 3 aromatic rings. The minimum absolute atomic E-state index is 0.0165. The number of anilines is 1. The predicted molar refractivity (Wildman–Crippen MR) is 122 cm³/mol. The van der Waals surface area contributed by atoms with Gasteiger partial charge in [-0.05, 0) is 35.2 Å². The highest BCUT2D eigenvalue weighted by molar-refractivity contribution is 5.94. The molecule has 0 saturated carbocycles. The van der Waals surface area contributed by atoms with Crippen molar-refractivity contribution in [2.45, 2.75) is 39.0 Å². The number of ether oxygens (including phenoxy) is 2. The Morgan fingerprint density at radius 3 is 2.59 bits per heavy atom. The Kier molecular flexibility index (Phi) is 6.92. The number of para-hydroxylation sites is 1. The normalized spacial score (nSPS) is 11.2. The van der Waals surface area contributed by atoms with Gasteiger partial charge in [-0.1, -0.05) is 39.0 Å². The fourth-order valence-electron chi connectivity index (χ4n) is 3.15. The quantitative estimate of drug-likeness (QED) is 0.549. The maximum absolute atomic E-state index is 12.3. The van der Waals surface area contributed by atoms with Gasteiger partial charge in [0.15, 0.2) is 6.61 Å². The van der Waals surface area contributed by atoms with E-state index in [-0.39, 0.29) is 23.8 Å². The van der Waals surface area contributed by atoms with Gasteiger partial charge in [-0.2, -0.15) is 0 Å². The van der Waals surface area contributed by atoms with Crippen molar-refractivity contribution >= 4 is 28.5 Å². The SMILES string of the molecule is COc1ccc(C(C)(C)C)cc1NC(=O)COC(=O)CCc1nc2ccccc2c(=O)[nH]1. The molecule has 0 aliphatic rings. The van der Waals surface area contributed by atoms with E-state index in [1.807, 2.05) is 12.1 Å². The van der Waals surface area contributed by atoms with E-state index in [1.165, 1.54) is 7.11 Å². The molecular weight excluding hydrogens is 410 g/mol. The van der Waals surface area contributed by atoms with Gasteiger partial charge in [0, 0.05) is 6.42 Å². The lowest BCUT2D eigenvalue weighted by Crippen LogP contribution is -2.22. The summed E-state index contributed by atoms with van der Waals surface area (Å²) in [5.74, 6) is -0.130. The lowest BCUT2D eigenvalue weighted by atomic mass is 9.87. The van der Waals surface area contributed by atoms with Gasteiger partial charge in [0.25, 0.3) is 11.5 Å². The van der Waals surface area contributed by atoms with Gasteiger partial charge in [0.05, 0.1) is 30.1 Å². The molecular formula is C24H27N3O5. The standard InChI is InChI=1S/C24H27N3O5/c1-24(2,3)15-9-10-19(31-4)18(13-15)26-21(28)14-32-22(29)12-11-20-25-17-8-6-5-7-16(17)23(30)27-20/h5-10,13H,11-12,14H2,1-4H3,(H,26,28)(H,25,27,30). The van der Waals surface area contributed by atoms with Crippen LogP contribution in [0.3, 0.4) is 0 Å². The number of aryl methyl sites for hydroxylation is 1. The number of amides is 1. The van der Waals surface area contributed by atoms with Crippen LogP contribution in [0.25, 0.3) is 10.9 Å². The van der Waals surface area contributed by atoms with Crippen LogP contribution in [0.2, 0.25) is 0 Å². The Hall–Kier alpha value is -3.68. The number of nitrogens with zero attached hydrogens (tertiary/aromatic N) is 1. The van der Waals surface area contributed by atoms with Crippen LogP contribution in [0.1, 0.15) is 38.6 Å². The Labute approximate surface area is 186 Å². The monoisotopic (exact) mass is 437 g/mol. The van der Waals surface area contributed by atoms with Crippen LogP contribution < -0.4 is 15.6 Å². The first-order chi connectivity index (χ1) is 15.2. The summed E-state index contributed by atoms with van der Waals surface area (Å²) in [6, 6.07) is 12.6. The average molecular weight is 437 g/mol. The van der Waals surface area contributed by atoms with Crippen molar-refractivity contribution in [2.75, 3.05) is 19.0 Å². The maximum atomic E-state index is 12.3. The van der Waals surface area contributed by atoms with Crippen LogP contribution in [0.5, 0.6) is 5.75 Å². The minimum Gasteiger partial charge on any atom is -0.495 e. The largest absolute Gasteiger partial charge is 0.495 e. The van der Waals surface area contributed by atoms with Crippen LogP contribution in [0, 0.1) is 0 Å². The van der Waals surface area contributed by atoms with Crippen LogP contribution in [0.15, 0.2) is 47.3 Å². The lowest BCUT2D eigenvalue weighted by Gasteiger charge is -2.21. The summed E-state index contributed by atoms with van der Waals surface area (Å²) >= 11 is 0. The number of hydrogen-bond acceptors (Lipinski definition) is 6. The van der Waals surface area contributed by atoms with Crippen molar-refractivity contribution in [1.82, 2.24) is 9.97 Å². The van der Waals surface area contributed by atoms with Gasteiger partial charge in [0.1, 0.15) is 11.6 Å². The molecule has 1 amide bonds. The first-order valence-electron chi connectivity index (χ1n) is 10.3. The number of esters is 1. The Morgan fingerprint density at radius 2 is 1.88 bits per heavy atom. The fourth-order valence-corrected chi connectivity index (χ4v) is 3.15. The van der Waals surface area contributed by atoms with Crippen molar-refractivity contribution in [3.8, 4) is 5.75 Å². The van der Waals surface area contributed by atoms with E-state index in [4.69, 9.17) is 9.47 Å². The molecule has 8 heteroatoms. The van der Waals surface area contributed by atoms with Crippen molar-refractivity contribution < 1.29 is 19.1 Å². The number of fused-ring (bicyclic) bond motifs is 1. The van der Waals surface area contributed by atoms with Gasteiger partial charge in [-0.15, -0.1) is 0 Å². The van der Waals surface area contributed by atoms with Gasteiger partial charge in [0.2, 0.25) is 0 Å². The molecule has 0 radical (unpaired) electrons.